The first-order valence-electron chi connectivity index (χ1n) is 7.55. The fraction of sp³-hybridized carbons (Fsp3) is 0.714. The lowest BCUT2D eigenvalue weighted by Gasteiger charge is -2.35. The quantitative estimate of drug-likeness (QED) is 0.801. The van der Waals surface area contributed by atoms with Gasteiger partial charge in [-0.15, -0.1) is 11.3 Å². The second-order valence-electron chi connectivity index (χ2n) is 6.06. The topological polar surface area (TPSA) is 70.6 Å². The van der Waals surface area contributed by atoms with Gasteiger partial charge in [-0.3, -0.25) is 9.69 Å². The maximum Gasteiger partial charge on any atom is 0.226 e. The van der Waals surface area contributed by atoms with Gasteiger partial charge in [0.25, 0.3) is 0 Å². The number of hydrogen-bond donors (Lipinski definition) is 0. The van der Waals surface area contributed by atoms with Crippen molar-refractivity contribution in [1.29, 1.82) is 0 Å². The molecule has 1 aromatic heterocycles. The van der Waals surface area contributed by atoms with Crippen LogP contribution in [0.1, 0.15) is 17.1 Å². The lowest BCUT2D eigenvalue weighted by Crippen LogP contribution is -2.50. The van der Waals surface area contributed by atoms with Crippen LogP contribution in [-0.2, 0) is 21.2 Å². The van der Waals surface area contributed by atoms with Crippen LogP contribution in [0.4, 0.5) is 0 Å². The summed E-state index contributed by atoms with van der Waals surface area (Å²) in [6.07, 6.45) is 0.486. The summed E-state index contributed by atoms with van der Waals surface area (Å²) in [5.74, 6) is -0.112. The van der Waals surface area contributed by atoms with Gasteiger partial charge in [0.15, 0.2) is 9.84 Å². The van der Waals surface area contributed by atoms with Crippen molar-refractivity contribution in [3.63, 3.8) is 0 Å². The zero-order chi connectivity index (χ0) is 15.7. The van der Waals surface area contributed by atoms with Gasteiger partial charge in [-0.2, -0.15) is 0 Å². The van der Waals surface area contributed by atoms with Crippen LogP contribution in [0.3, 0.4) is 0 Å². The highest BCUT2D eigenvalue weighted by molar-refractivity contribution is 7.91. The number of nitrogens with zero attached hydrogens (tertiary/aromatic N) is 3. The molecule has 8 heteroatoms. The molecular weight excluding hydrogens is 322 g/mol. The number of carbonyl (C=O) groups excluding carboxylic acids is 1. The number of amides is 1. The first-order valence-corrected chi connectivity index (χ1v) is 10.3. The van der Waals surface area contributed by atoms with Crippen LogP contribution in [0, 0.1) is 12.8 Å². The summed E-state index contributed by atoms with van der Waals surface area (Å²) >= 11 is 1.66. The highest BCUT2D eigenvalue weighted by Gasteiger charge is 2.36. The number of aromatic nitrogens is 1. The van der Waals surface area contributed by atoms with E-state index in [4.69, 9.17) is 0 Å². The van der Waals surface area contributed by atoms with Gasteiger partial charge in [0.05, 0.1) is 28.1 Å². The first-order chi connectivity index (χ1) is 10.4. The van der Waals surface area contributed by atoms with Crippen molar-refractivity contribution < 1.29 is 13.2 Å². The molecule has 3 heterocycles. The molecule has 1 aromatic rings. The van der Waals surface area contributed by atoms with E-state index in [0.29, 0.717) is 19.5 Å². The van der Waals surface area contributed by atoms with E-state index in [1.165, 1.54) is 0 Å². The predicted molar refractivity (Wildman–Crippen MR) is 85.5 cm³/mol. The fourth-order valence-electron chi connectivity index (χ4n) is 3.08. The molecule has 1 unspecified atom stereocenters. The molecule has 0 bridgehead atoms. The van der Waals surface area contributed by atoms with Crippen LogP contribution < -0.4 is 0 Å². The van der Waals surface area contributed by atoms with Gasteiger partial charge >= 0.3 is 0 Å². The molecule has 3 rings (SSSR count). The molecule has 2 aliphatic heterocycles. The van der Waals surface area contributed by atoms with Crippen LogP contribution in [0.15, 0.2) is 5.38 Å². The molecule has 2 saturated heterocycles. The molecule has 0 spiro atoms. The van der Waals surface area contributed by atoms with Gasteiger partial charge in [0, 0.05) is 38.1 Å². The average molecular weight is 343 g/mol. The Bertz CT molecular complexity index is 648. The molecular formula is C14H21N3O3S2. The number of hydrogen-bond acceptors (Lipinski definition) is 6. The zero-order valence-corrected chi connectivity index (χ0v) is 14.3. The van der Waals surface area contributed by atoms with E-state index < -0.39 is 9.84 Å². The Balaban J connectivity index is 1.50. The minimum absolute atomic E-state index is 0.0187. The Labute approximate surface area is 135 Å². The molecule has 2 fully saturated rings. The Hall–Kier alpha value is -0.990. The van der Waals surface area contributed by atoms with E-state index in [9.17, 15) is 13.2 Å². The van der Waals surface area contributed by atoms with E-state index in [1.54, 1.807) is 11.3 Å². The van der Waals surface area contributed by atoms with Gasteiger partial charge in [-0.1, -0.05) is 0 Å². The number of sulfone groups is 1. The molecule has 122 valence electrons. The van der Waals surface area contributed by atoms with E-state index >= 15 is 0 Å². The van der Waals surface area contributed by atoms with Crippen molar-refractivity contribution in [3.8, 4) is 0 Å². The smallest absolute Gasteiger partial charge is 0.226 e. The summed E-state index contributed by atoms with van der Waals surface area (Å²) < 4.78 is 23.0. The molecule has 0 radical (unpaired) electrons. The van der Waals surface area contributed by atoms with Gasteiger partial charge in [0.1, 0.15) is 0 Å². The third-order valence-electron chi connectivity index (χ3n) is 4.32. The van der Waals surface area contributed by atoms with Crippen LogP contribution in [0.5, 0.6) is 0 Å². The third-order valence-corrected chi connectivity index (χ3v) is 6.91. The largest absolute Gasteiger partial charge is 0.340 e. The monoisotopic (exact) mass is 343 g/mol. The van der Waals surface area contributed by atoms with Crippen LogP contribution in [0.25, 0.3) is 0 Å². The SMILES string of the molecule is Cc1nc(CN2CCN(C(=O)C3CCS(=O)(=O)C3)CC2)cs1. The number of aryl methyl sites for hydroxylation is 1. The molecule has 22 heavy (non-hydrogen) atoms. The normalized spacial score (nSPS) is 25.5. The maximum atomic E-state index is 12.4. The van der Waals surface area contributed by atoms with Crippen molar-refractivity contribution in [2.24, 2.45) is 5.92 Å². The molecule has 1 amide bonds. The van der Waals surface area contributed by atoms with Crippen molar-refractivity contribution in [2.45, 2.75) is 19.9 Å². The summed E-state index contributed by atoms with van der Waals surface area (Å²) in [4.78, 5) is 21.0. The van der Waals surface area contributed by atoms with Crippen LogP contribution in [0.2, 0.25) is 0 Å². The van der Waals surface area contributed by atoms with Crippen molar-refractivity contribution in [1.82, 2.24) is 14.8 Å². The summed E-state index contributed by atoms with van der Waals surface area (Å²) in [5, 5.41) is 3.15. The minimum Gasteiger partial charge on any atom is -0.340 e. The molecule has 0 saturated carbocycles. The Morgan fingerprint density at radius 1 is 1.36 bits per heavy atom. The Morgan fingerprint density at radius 2 is 2.09 bits per heavy atom. The van der Waals surface area contributed by atoms with E-state index in [2.05, 4.69) is 15.3 Å². The molecule has 0 N–H and O–H groups in total. The maximum absolute atomic E-state index is 12.4. The predicted octanol–water partition coefficient (Wildman–Crippen LogP) is 0.530. The summed E-state index contributed by atoms with van der Waals surface area (Å²) in [7, 11) is -2.99. The van der Waals surface area contributed by atoms with Gasteiger partial charge in [0.2, 0.25) is 5.91 Å². The van der Waals surface area contributed by atoms with Gasteiger partial charge < -0.3 is 4.90 Å². The van der Waals surface area contributed by atoms with Crippen molar-refractivity contribution in [2.75, 3.05) is 37.7 Å². The number of rotatable bonds is 3. The summed E-state index contributed by atoms with van der Waals surface area (Å²) in [5.41, 5.74) is 1.09. The molecule has 2 aliphatic rings. The van der Waals surface area contributed by atoms with E-state index in [-0.39, 0.29) is 23.3 Å². The lowest BCUT2D eigenvalue weighted by atomic mass is 10.1. The van der Waals surface area contributed by atoms with Crippen LogP contribution >= 0.6 is 11.3 Å². The summed E-state index contributed by atoms with van der Waals surface area (Å²) in [6, 6.07) is 0. The zero-order valence-electron chi connectivity index (χ0n) is 12.7. The minimum atomic E-state index is -2.99. The van der Waals surface area contributed by atoms with Crippen LogP contribution in [-0.4, -0.2) is 66.8 Å². The number of carbonyl (C=O) groups is 1. The van der Waals surface area contributed by atoms with E-state index in [1.807, 2.05) is 11.8 Å². The fourth-order valence-corrected chi connectivity index (χ4v) is 5.42. The number of thiazole rings is 1. The van der Waals surface area contributed by atoms with Crippen molar-refractivity contribution in [3.05, 3.63) is 16.1 Å². The molecule has 6 nitrogen and oxygen atoms in total. The van der Waals surface area contributed by atoms with Crippen molar-refractivity contribution >= 4 is 27.1 Å². The third kappa shape index (κ3) is 3.67. The Morgan fingerprint density at radius 3 is 2.64 bits per heavy atom. The van der Waals surface area contributed by atoms with E-state index in [0.717, 1.165) is 30.3 Å². The number of piperazine rings is 1. The van der Waals surface area contributed by atoms with Gasteiger partial charge in [-0.05, 0) is 13.3 Å². The lowest BCUT2D eigenvalue weighted by molar-refractivity contribution is -0.136. The Kier molecular flexibility index (Phi) is 4.52. The molecule has 1 atom stereocenters. The average Bonchev–Trinajstić information content (AvgIpc) is 3.04. The van der Waals surface area contributed by atoms with Gasteiger partial charge in [-0.25, -0.2) is 13.4 Å². The summed E-state index contributed by atoms with van der Waals surface area (Å²) in [6.45, 7) is 5.82. The highest BCUT2D eigenvalue weighted by Crippen LogP contribution is 2.21. The molecule has 0 aliphatic carbocycles. The standard InChI is InChI=1S/C14H21N3O3S2/c1-11-15-13(9-21-11)8-16-3-5-17(6-4-16)14(18)12-2-7-22(19,20)10-12/h9,12H,2-8,10H2,1H3. The molecule has 0 aromatic carbocycles. The second kappa shape index (κ2) is 6.25. The first kappa shape index (κ1) is 15.9. The highest BCUT2D eigenvalue weighted by atomic mass is 32.2. The second-order valence-corrected chi connectivity index (χ2v) is 9.35.